The lowest BCUT2D eigenvalue weighted by Gasteiger charge is -2.13. The molecule has 1 aromatic rings. The Bertz CT molecular complexity index is 451. The molecule has 0 bridgehead atoms. The predicted molar refractivity (Wildman–Crippen MR) is 63.2 cm³/mol. The lowest BCUT2D eigenvalue weighted by molar-refractivity contribution is -0.139. The number of nitrogens with two attached hydrogens (primary N) is 1. The Balaban J connectivity index is 2.83. The van der Waals surface area contributed by atoms with Crippen molar-refractivity contribution >= 4 is 27.6 Å². The second kappa shape index (κ2) is 5.57. The van der Waals surface area contributed by atoms with Crippen molar-refractivity contribution < 1.29 is 23.1 Å². The molecule has 0 aromatic heterocycles. The molecule has 4 nitrogen and oxygen atoms in total. The Morgan fingerprint density at radius 3 is 2.61 bits per heavy atom. The smallest absolute Gasteiger partial charge is 0.417 e. The van der Waals surface area contributed by atoms with Crippen molar-refractivity contribution in [2.75, 3.05) is 11.9 Å². The molecular formula is C10H10BrF3N2O2. The molecule has 18 heavy (non-hydrogen) atoms. The standard InChI is InChI=1S/C10H10BrF3N2O2/c11-7-2-1-5(3-6(7)10(12,13)14)16-4-8(15)9(17)18/h1-3,8,16H,4,15H2,(H,17,18). The lowest BCUT2D eigenvalue weighted by atomic mass is 10.2. The van der Waals surface area contributed by atoms with Gasteiger partial charge in [0.1, 0.15) is 6.04 Å². The number of aliphatic carboxylic acids is 1. The fourth-order valence-electron chi connectivity index (χ4n) is 1.17. The first kappa shape index (κ1) is 14.8. The van der Waals surface area contributed by atoms with Crippen molar-refractivity contribution in [2.45, 2.75) is 12.2 Å². The number of rotatable bonds is 4. The summed E-state index contributed by atoms with van der Waals surface area (Å²) in [7, 11) is 0. The summed E-state index contributed by atoms with van der Waals surface area (Å²) >= 11 is 2.80. The number of benzene rings is 1. The van der Waals surface area contributed by atoms with Crippen LogP contribution in [-0.2, 0) is 11.0 Å². The van der Waals surface area contributed by atoms with Crippen LogP contribution < -0.4 is 11.1 Å². The number of anilines is 1. The molecule has 0 aliphatic carbocycles. The molecule has 0 aliphatic rings. The quantitative estimate of drug-likeness (QED) is 0.793. The maximum absolute atomic E-state index is 12.6. The summed E-state index contributed by atoms with van der Waals surface area (Å²) < 4.78 is 37.7. The number of hydrogen-bond donors (Lipinski definition) is 3. The van der Waals surface area contributed by atoms with Crippen LogP contribution in [0, 0.1) is 0 Å². The molecule has 0 radical (unpaired) electrons. The Morgan fingerprint density at radius 2 is 2.11 bits per heavy atom. The van der Waals surface area contributed by atoms with Crippen LogP contribution in [0.3, 0.4) is 0 Å². The van der Waals surface area contributed by atoms with Crippen molar-refractivity contribution in [3.63, 3.8) is 0 Å². The number of halogens is 4. The molecule has 0 spiro atoms. The Hall–Kier alpha value is -1.28. The van der Waals surface area contributed by atoms with Crippen LogP contribution in [0.2, 0.25) is 0 Å². The maximum Gasteiger partial charge on any atom is 0.417 e. The van der Waals surface area contributed by atoms with Gasteiger partial charge >= 0.3 is 12.1 Å². The van der Waals surface area contributed by atoms with Crippen LogP contribution in [0.4, 0.5) is 18.9 Å². The van der Waals surface area contributed by atoms with E-state index in [4.69, 9.17) is 10.8 Å². The minimum absolute atomic E-state index is 0.0805. The Labute approximate surface area is 109 Å². The number of carboxylic acids is 1. The molecule has 8 heteroatoms. The van der Waals surface area contributed by atoms with Crippen LogP contribution in [0.5, 0.6) is 0 Å². The topological polar surface area (TPSA) is 75.3 Å². The summed E-state index contributed by atoms with van der Waals surface area (Å²) in [6, 6.07) is 2.34. The first-order valence-corrected chi connectivity index (χ1v) is 5.60. The zero-order chi connectivity index (χ0) is 13.9. The molecule has 0 saturated heterocycles. The van der Waals surface area contributed by atoms with E-state index in [-0.39, 0.29) is 16.7 Å². The van der Waals surface area contributed by atoms with Crippen molar-refractivity contribution in [3.8, 4) is 0 Å². The number of carbonyl (C=O) groups is 1. The monoisotopic (exact) mass is 326 g/mol. The molecule has 0 amide bonds. The second-order valence-corrected chi connectivity index (χ2v) is 4.37. The Morgan fingerprint density at radius 1 is 1.50 bits per heavy atom. The average molecular weight is 327 g/mol. The van der Waals surface area contributed by atoms with Crippen LogP contribution >= 0.6 is 15.9 Å². The highest BCUT2D eigenvalue weighted by Crippen LogP contribution is 2.36. The molecule has 100 valence electrons. The molecular weight excluding hydrogens is 317 g/mol. The Kier molecular flexibility index (Phi) is 4.58. The van der Waals surface area contributed by atoms with Crippen molar-refractivity contribution in [1.29, 1.82) is 0 Å². The van der Waals surface area contributed by atoms with E-state index in [0.717, 1.165) is 6.07 Å². The van der Waals surface area contributed by atoms with Gasteiger partial charge in [-0.05, 0) is 18.2 Å². The summed E-state index contributed by atoms with van der Waals surface area (Å²) in [5, 5.41) is 11.1. The summed E-state index contributed by atoms with van der Waals surface area (Å²) in [6.45, 7) is -0.158. The van der Waals surface area contributed by atoms with Gasteiger partial charge in [-0.15, -0.1) is 0 Å². The average Bonchev–Trinajstić information content (AvgIpc) is 2.25. The van der Waals surface area contributed by atoms with Gasteiger partial charge in [0.15, 0.2) is 0 Å². The molecule has 0 heterocycles. The van der Waals surface area contributed by atoms with Crippen LogP contribution in [-0.4, -0.2) is 23.7 Å². The lowest BCUT2D eigenvalue weighted by Crippen LogP contribution is -2.36. The molecule has 0 aliphatic heterocycles. The summed E-state index contributed by atoms with van der Waals surface area (Å²) in [5.74, 6) is -1.23. The van der Waals surface area contributed by atoms with Gasteiger partial charge in [-0.3, -0.25) is 4.79 Å². The van der Waals surface area contributed by atoms with Gasteiger partial charge in [0.05, 0.1) is 5.56 Å². The fourth-order valence-corrected chi connectivity index (χ4v) is 1.64. The summed E-state index contributed by atoms with van der Waals surface area (Å²) in [5.41, 5.74) is 4.54. The van der Waals surface area contributed by atoms with E-state index in [1.807, 2.05) is 0 Å². The normalized spacial score (nSPS) is 13.2. The predicted octanol–water partition coefficient (Wildman–Crippen LogP) is 2.29. The molecule has 0 saturated carbocycles. The van der Waals surface area contributed by atoms with Gasteiger partial charge in [-0.25, -0.2) is 0 Å². The number of nitrogens with one attached hydrogen (secondary N) is 1. The van der Waals surface area contributed by atoms with Crippen molar-refractivity contribution in [1.82, 2.24) is 0 Å². The zero-order valence-electron chi connectivity index (χ0n) is 8.96. The van der Waals surface area contributed by atoms with E-state index in [9.17, 15) is 18.0 Å². The van der Waals surface area contributed by atoms with E-state index >= 15 is 0 Å². The van der Waals surface area contributed by atoms with E-state index < -0.39 is 23.8 Å². The molecule has 1 aromatic carbocycles. The van der Waals surface area contributed by atoms with E-state index in [1.54, 1.807) is 0 Å². The van der Waals surface area contributed by atoms with Crippen LogP contribution in [0.15, 0.2) is 22.7 Å². The minimum Gasteiger partial charge on any atom is -0.480 e. The third kappa shape index (κ3) is 3.88. The number of alkyl halides is 3. The first-order valence-electron chi connectivity index (χ1n) is 4.81. The van der Waals surface area contributed by atoms with E-state index in [1.165, 1.54) is 12.1 Å². The van der Waals surface area contributed by atoms with Gasteiger partial charge in [0.2, 0.25) is 0 Å². The van der Waals surface area contributed by atoms with Gasteiger partial charge < -0.3 is 16.2 Å². The largest absolute Gasteiger partial charge is 0.480 e. The molecule has 1 rings (SSSR count). The van der Waals surface area contributed by atoms with Crippen LogP contribution in [0.1, 0.15) is 5.56 Å². The fraction of sp³-hybridized carbons (Fsp3) is 0.300. The molecule has 4 N–H and O–H groups in total. The highest BCUT2D eigenvalue weighted by molar-refractivity contribution is 9.10. The molecule has 0 fully saturated rings. The number of hydrogen-bond acceptors (Lipinski definition) is 3. The SMILES string of the molecule is NC(CNc1ccc(Br)c(C(F)(F)F)c1)C(=O)O. The van der Waals surface area contributed by atoms with Gasteiger partial charge in [-0.2, -0.15) is 13.2 Å². The number of carboxylic acid groups (broad SMARTS) is 1. The third-order valence-corrected chi connectivity index (χ3v) is 2.81. The second-order valence-electron chi connectivity index (χ2n) is 3.52. The van der Waals surface area contributed by atoms with Gasteiger partial charge in [0, 0.05) is 16.7 Å². The molecule has 1 atom stereocenters. The van der Waals surface area contributed by atoms with Crippen molar-refractivity contribution in [3.05, 3.63) is 28.2 Å². The van der Waals surface area contributed by atoms with Crippen molar-refractivity contribution in [2.24, 2.45) is 5.73 Å². The molecule has 1 unspecified atom stereocenters. The highest BCUT2D eigenvalue weighted by Gasteiger charge is 2.33. The first-order chi connectivity index (χ1) is 8.21. The minimum atomic E-state index is -4.48. The van der Waals surface area contributed by atoms with E-state index in [0.29, 0.717) is 0 Å². The summed E-state index contributed by atoms with van der Waals surface area (Å²) in [4.78, 5) is 10.4. The third-order valence-electron chi connectivity index (χ3n) is 2.12. The highest BCUT2D eigenvalue weighted by atomic mass is 79.9. The van der Waals surface area contributed by atoms with Crippen LogP contribution in [0.25, 0.3) is 0 Å². The van der Waals surface area contributed by atoms with Gasteiger partial charge in [0.25, 0.3) is 0 Å². The maximum atomic E-state index is 12.6. The summed E-state index contributed by atoms with van der Waals surface area (Å²) in [6.07, 6.45) is -4.48. The van der Waals surface area contributed by atoms with E-state index in [2.05, 4.69) is 21.2 Å². The van der Waals surface area contributed by atoms with Gasteiger partial charge in [-0.1, -0.05) is 15.9 Å². The zero-order valence-corrected chi connectivity index (χ0v) is 10.5.